The molecule has 3 atom stereocenters. The van der Waals surface area contributed by atoms with Crippen molar-refractivity contribution in [3.8, 4) is 11.5 Å². The average Bonchev–Trinajstić information content (AvgIpc) is 3.26. The van der Waals surface area contributed by atoms with Crippen molar-refractivity contribution >= 4 is 21.4 Å². The molecule has 0 saturated carbocycles. The molecule has 1 heterocycles. The monoisotopic (exact) mass is 462 g/mol. The molecule has 1 aliphatic carbocycles. The van der Waals surface area contributed by atoms with Crippen LogP contribution in [0.3, 0.4) is 0 Å². The zero-order valence-electron chi connectivity index (χ0n) is 18.4. The SMILES string of the molecule is Cc1ccc(NS(=O)(=O)c2ccc3c(c2)C2C=CCC2C(c2ccc(O)cc2O)N3)cc1C. The van der Waals surface area contributed by atoms with E-state index < -0.39 is 10.0 Å². The van der Waals surface area contributed by atoms with Gasteiger partial charge in [-0.15, -0.1) is 0 Å². The minimum Gasteiger partial charge on any atom is -0.508 e. The molecule has 0 saturated heterocycles. The summed E-state index contributed by atoms with van der Waals surface area (Å²) < 4.78 is 29.0. The summed E-state index contributed by atoms with van der Waals surface area (Å²) in [6.45, 7) is 3.94. The third kappa shape index (κ3) is 3.82. The molecule has 2 aliphatic rings. The first-order valence-electron chi connectivity index (χ1n) is 10.9. The van der Waals surface area contributed by atoms with Crippen molar-refractivity contribution < 1.29 is 18.6 Å². The van der Waals surface area contributed by atoms with Gasteiger partial charge in [-0.3, -0.25) is 4.72 Å². The molecule has 3 aromatic rings. The average molecular weight is 463 g/mol. The summed E-state index contributed by atoms with van der Waals surface area (Å²) in [4.78, 5) is 0.214. The molecular weight excluding hydrogens is 436 g/mol. The van der Waals surface area contributed by atoms with Crippen LogP contribution < -0.4 is 10.0 Å². The maximum Gasteiger partial charge on any atom is 0.261 e. The molecule has 0 fully saturated rings. The number of sulfonamides is 1. The van der Waals surface area contributed by atoms with Crippen LogP contribution in [-0.2, 0) is 10.0 Å². The third-order valence-electron chi connectivity index (χ3n) is 6.75. The zero-order chi connectivity index (χ0) is 23.3. The molecule has 5 rings (SSSR count). The molecule has 1 aliphatic heterocycles. The number of phenolic OH excluding ortho intramolecular Hbond substituents is 2. The second kappa shape index (κ2) is 7.85. The second-order valence-electron chi connectivity index (χ2n) is 8.87. The number of allylic oxidation sites excluding steroid dienone is 2. The van der Waals surface area contributed by atoms with Gasteiger partial charge in [0.05, 0.1) is 10.9 Å². The number of anilines is 2. The van der Waals surface area contributed by atoms with Gasteiger partial charge in [0.25, 0.3) is 10.0 Å². The third-order valence-corrected chi connectivity index (χ3v) is 8.13. The Labute approximate surface area is 193 Å². The van der Waals surface area contributed by atoms with Gasteiger partial charge in [-0.05, 0) is 85.3 Å². The van der Waals surface area contributed by atoms with E-state index in [9.17, 15) is 18.6 Å². The fraction of sp³-hybridized carbons (Fsp3) is 0.231. The fourth-order valence-electron chi connectivity index (χ4n) is 4.86. The predicted octanol–water partition coefficient (Wildman–Crippen LogP) is 5.34. The Morgan fingerprint density at radius 3 is 2.52 bits per heavy atom. The van der Waals surface area contributed by atoms with Gasteiger partial charge in [-0.1, -0.05) is 18.2 Å². The predicted molar refractivity (Wildman–Crippen MR) is 129 cm³/mol. The molecule has 0 aromatic heterocycles. The van der Waals surface area contributed by atoms with E-state index >= 15 is 0 Å². The number of aryl methyl sites for hydroxylation is 2. The van der Waals surface area contributed by atoms with E-state index in [2.05, 4.69) is 22.2 Å². The molecular formula is C26H26N2O4S. The van der Waals surface area contributed by atoms with Crippen LogP contribution in [0.5, 0.6) is 11.5 Å². The van der Waals surface area contributed by atoms with E-state index in [4.69, 9.17) is 0 Å². The largest absolute Gasteiger partial charge is 0.508 e. The van der Waals surface area contributed by atoms with Crippen LogP contribution >= 0.6 is 0 Å². The summed E-state index contributed by atoms with van der Waals surface area (Å²) in [6.07, 6.45) is 5.02. The van der Waals surface area contributed by atoms with Crippen LogP contribution in [0, 0.1) is 19.8 Å². The van der Waals surface area contributed by atoms with Gasteiger partial charge in [-0.25, -0.2) is 8.42 Å². The number of fused-ring (bicyclic) bond motifs is 3. The van der Waals surface area contributed by atoms with E-state index in [0.29, 0.717) is 11.3 Å². The van der Waals surface area contributed by atoms with Gasteiger partial charge in [-0.2, -0.15) is 0 Å². The number of aromatic hydroxyl groups is 2. The lowest BCUT2D eigenvalue weighted by molar-refractivity contribution is 0.398. The Kier molecular flexibility index (Phi) is 5.09. The summed E-state index contributed by atoms with van der Waals surface area (Å²) in [7, 11) is -3.75. The van der Waals surface area contributed by atoms with Crippen molar-refractivity contribution in [1.29, 1.82) is 0 Å². The highest BCUT2D eigenvalue weighted by Crippen LogP contribution is 2.51. The molecule has 6 nitrogen and oxygen atoms in total. The molecule has 0 amide bonds. The molecule has 33 heavy (non-hydrogen) atoms. The van der Waals surface area contributed by atoms with Crippen molar-refractivity contribution in [1.82, 2.24) is 0 Å². The summed E-state index contributed by atoms with van der Waals surface area (Å²) in [5.41, 5.74) is 5.13. The van der Waals surface area contributed by atoms with Gasteiger partial charge in [0.2, 0.25) is 0 Å². The van der Waals surface area contributed by atoms with Crippen LogP contribution in [0.15, 0.2) is 71.6 Å². The highest BCUT2D eigenvalue weighted by atomic mass is 32.2. The molecule has 0 spiro atoms. The molecule has 3 unspecified atom stereocenters. The Morgan fingerprint density at radius 2 is 1.76 bits per heavy atom. The summed E-state index contributed by atoms with van der Waals surface area (Å²) in [5, 5.41) is 23.6. The Balaban J connectivity index is 1.49. The highest BCUT2D eigenvalue weighted by molar-refractivity contribution is 7.92. The standard InChI is InChI=1S/C26H26N2O4S/c1-15-6-7-17(12-16(15)2)28-33(31,32)19-9-11-24-23(14-19)20-4-3-5-21(20)26(27-24)22-10-8-18(29)13-25(22)30/h3-4,6-14,20-21,26-30H,5H2,1-2H3. The number of hydrogen-bond acceptors (Lipinski definition) is 5. The first kappa shape index (κ1) is 21.4. The van der Waals surface area contributed by atoms with E-state index in [1.807, 2.05) is 26.0 Å². The van der Waals surface area contributed by atoms with Gasteiger partial charge >= 0.3 is 0 Å². The van der Waals surface area contributed by atoms with Crippen molar-refractivity contribution in [2.45, 2.75) is 37.1 Å². The number of phenols is 2. The minimum atomic E-state index is -3.75. The van der Waals surface area contributed by atoms with E-state index in [1.54, 1.807) is 36.4 Å². The summed E-state index contributed by atoms with van der Waals surface area (Å²) in [6, 6.07) is 15.1. The molecule has 4 N–H and O–H groups in total. The van der Waals surface area contributed by atoms with E-state index in [-0.39, 0.29) is 34.3 Å². The van der Waals surface area contributed by atoms with Crippen molar-refractivity contribution in [3.05, 3.63) is 89.0 Å². The molecule has 170 valence electrons. The van der Waals surface area contributed by atoms with Gasteiger partial charge in [0, 0.05) is 28.9 Å². The summed E-state index contributed by atoms with van der Waals surface area (Å²) in [5.74, 6) is 0.202. The number of benzene rings is 3. The van der Waals surface area contributed by atoms with Crippen LogP contribution in [-0.4, -0.2) is 18.6 Å². The molecule has 0 radical (unpaired) electrons. The van der Waals surface area contributed by atoms with Gasteiger partial charge in [0.1, 0.15) is 11.5 Å². The van der Waals surface area contributed by atoms with Crippen LogP contribution in [0.25, 0.3) is 0 Å². The first-order valence-corrected chi connectivity index (χ1v) is 12.4. The van der Waals surface area contributed by atoms with Crippen LogP contribution in [0.4, 0.5) is 11.4 Å². The number of nitrogens with one attached hydrogen (secondary N) is 2. The molecule has 3 aromatic carbocycles. The lowest BCUT2D eigenvalue weighted by atomic mass is 9.77. The molecule has 7 heteroatoms. The van der Waals surface area contributed by atoms with E-state index in [0.717, 1.165) is 28.8 Å². The smallest absolute Gasteiger partial charge is 0.261 e. The Hall–Kier alpha value is -3.45. The lowest BCUT2D eigenvalue weighted by Crippen LogP contribution is -2.29. The fourth-order valence-corrected chi connectivity index (χ4v) is 5.95. The van der Waals surface area contributed by atoms with Crippen molar-refractivity contribution in [2.24, 2.45) is 5.92 Å². The quantitative estimate of drug-likeness (QED) is 0.392. The molecule has 0 bridgehead atoms. The zero-order valence-corrected chi connectivity index (χ0v) is 19.2. The summed E-state index contributed by atoms with van der Waals surface area (Å²) >= 11 is 0. The first-order chi connectivity index (χ1) is 15.7. The topological polar surface area (TPSA) is 98.7 Å². The highest BCUT2D eigenvalue weighted by Gasteiger charge is 2.39. The maximum absolute atomic E-state index is 13.1. The number of hydrogen-bond donors (Lipinski definition) is 4. The van der Waals surface area contributed by atoms with Crippen LogP contribution in [0.1, 0.15) is 40.6 Å². The Bertz CT molecular complexity index is 1380. The Morgan fingerprint density at radius 1 is 0.939 bits per heavy atom. The number of rotatable bonds is 4. The van der Waals surface area contributed by atoms with Gasteiger partial charge < -0.3 is 15.5 Å². The van der Waals surface area contributed by atoms with E-state index in [1.165, 1.54) is 6.07 Å². The lowest BCUT2D eigenvalue weighted by Gasteiger charge is -2.38. The van der Waals surface area contributed by atoms with Gasteiger partial charge in [0.15, 0.2) is 0 Å². The van der Waals surface area contributed by atoms with Crippen LogP contribution in [0.2, 0.25) is 0 Å². The van der Waals surface area contributed by atoms with Crippen molar-refractivity contribution in [2.75, 3.05) is 10.0 Å². The van der Waals surface area contributed by atoms with Crippen molar-refractivity contribution in [3.63, 3.8) is 0 Å². The minimum absolute atomic E-state index is 0.0136. The maximum atomic E-state index is 13.1. The normalized spacial score (nSPS) is 21.2. The second-order valence-corrected chi connectivity index (χ2v) is 10.6.